The van der Waals surface area contributed by atoms with Crippen LogP contribution in [0, 0.1) is 18.3 Å². The molecule has 3 rings (SSSR count). The number of nitrogens with one attached hydrogen (secondary N) is 1. The Morgan fingerprint density at radius 3 is 2.83 bits per heavy atom. The van der Waals surface area contributed by atoms with Gasteiger partial charge in [0.1, 0.15) is 5.82 Å². The molecular formula is C24H32N4O. The lowest BCUT2D eigenvalue weighted by Crippen LogP contribution is -2.26. The van der Waals surface area contributed by atoms with Gasteiger partial charge in [-0.15, -0.1) is 0 Å². The zero-order valence-electron chi connectivity index (χ0n) is 18.4. The molecular weight excluding hydrogens is 360 g/mol. The molecule has 5 heteroatoms. The molecule has 0 aliphatic heterocycles. The molecule has 1 unspecified atom stereocenters. The summed E-state index contributed by atoms with van der Waals surface area (Å²) in [4.78, 5) is 17.1. The highest BCUT2D eigenvalue weighted by atomic mass is 16.2. The maximum atomic E-state index is 12.5. The minimum atomic E-state index is -0.225. The summed E-state index contributed by atoms with van der Waals surface area (Å²) in [7, 11) is 0. The number of fused-ring (bicyclic) bond motifs is 1. The fraction of sp³-hybridized carbons (Fsp3) is 0.458. The number of hydrogen-bond acceptors (Lipinski definition) is 3. The van der Waals surface area contributed by atoms with Gasteiger partial charge in [0, 0.05) is 18.0 Å². The maximum absolute atomic E-state index is 12.5. The standard InChI is InChI=1S/C24H32N4O/c1-7-28-18(4)25-21-15-19(11-13-22(21)28)23(29)27-26-17(3)10-12-20-16(2)9-8-14-24(20,5)6/h9-13,15,20H,7-8,14H2,1-6H3,(H,27,29). The zero-order chi connectivity index (χ0) is 21.2. The van der Waals surface area contributed by atoms with E-state index in [0.717, 1.165) is 35.5 Å². The summed E-state index contributed by atoms with van der Waals surface area (Å²) in [6, 6.07) is 5.60. The molecule has 1 amide bonds. The Labute approximate surface area is 173 Å². The van der Waals surface area contributed by atoms with Crippen LogP contribution in [0.15, 0.2) is 47.1 Å². The minimum Gasteiger partial charge on any atom is -0.329 e. The number of aromatic nitrogens is 2. The molecule has 1 N–H and O–H groups in total. The number of carbonyl (C=O) groups is 1. The number of nitrogens with zero attached hydrogens (tertiary/aromatic N) is 3. The first-order chi connectivity index (χ1) is 13.7. The van der Waals surface area contributed by atoms with Crippen molar-refractivity contribution in [2.24, 2.45) is 16.4 Å². The molecule has 1 heterocycles. The predicted octanol–water partition coefficient (Wildman–Crippen LogP) is 5.41. The van der Waals surface area contributed by atoms with Crippen LogP contribution in [0.3, 0.4) is 0 Å². The Kier molecular flexibility index (Phi) is 6.06. The van der Waals surface area contributed by atoms with Gasteiger partial charge < -0.3 is 4.57 Å². The summed E-state index contributed by atoms with van der Waals surface area (Å²) in [5.41, 5.74) is 7.53. The monoisotopic (exact) mass is 392 g/mol. The first-order valence-electron chi connectivity index (χ1n) is 10.4. The van der Waals surface area contributed by atoms with E-state index in [4.69, 9.17) is 0 Å². The van der Waals surface area contributed by atoms with Crippen LogP contribution in [0.1, 0.15) is 63.6 Å². The van der Waals surface area contributed by atoms with Crippen molar-refractivity contribution in [3.63, 3.8) is 0 Å². The van der Waals surface area contributed by atoms with Gasteiger partial charge in [0.05, 0.1) is 16.7 Å². The van der Waals surface area contributed by atoms with E-state index in [1.807, 2.05) is 38.1 Å². The number of hydrazone groups is 1. The van der Waals surface area contributed by atoms with Gasteiger partial charge in [-0.25, -0.2) is 10.4 Å². The maximum Gasteiger partial charge on any atom is 0.271 e. The molecule has 0 radical (unpaired) electrons. The summed E-state index contributed by atoms with van der Waals surface area (Å²) >= 11 is 0. The van der Waals surface area contributed by atoms with Crippen LogP contribution in [-0.2, 0) is 6.54 Å². The van der Waals surface area contributed by atoms with E-state index in [2.05, 4.69) is 59.9 Å². The smallest absolute Gasteiger partial charge is 0.271 e. The number of amides is 1. The first kappa shape index (κ1) is 21.0. The molecule has 0 saturated heterocycles. The Balaban J connectivity index is 1.70. The molecule has 1 atom stereocenters. The van der Waals surface area contributed by atoms with E-state index in [1.165, 1.54) is 12.0 Å². The van der Waals surface area contributed by atoms with Crippen molar-refractivity contribution in [1.29, 1.82) is 0 Å². The van der Waals surface area contributed by atoms with Crippen molar-refractivity contribution in [3.8, 4) is 0 Å². The van der Waals surface area contributed by atoms with E-state index in [9.17, 15) is 4.79 Å². The van der Waals surface area contributed by atoms with Crippen LogP contribution < -0.4 is 5.43 Å². The number of allylic oxidation sites excluding steroid dienone is 4. The number of rotatable bonds is 5. The van der Waals surface area contributed by atoms with Crippen molar-refractivity contribution in [3.05, 3.63) is 53.4 Å². The molecule has 1 aromatic heterocycles. The molecule has 0 fully saturated rings. The molecule has 29 heavy (non-hydrogen) atoms. The Bertz CT molecular complexity index is 1010. The molecule has 2 aromatic rings. The number of hydrogen-bond donors (Lipinski definition) is 1. The quantitative estimate of drug-likeness (QED) is 0.420. The number of benzene rings is 1. The van der Waals surface area contributed by atoms with Crippen LogP contribution in [-0.4, -0.2) is 21.2 Å². The second-order valence-corrected chi connectivity index (χ2v) is 8.61. The molecule has 0 saturated carbocycles. The predicted molar refractivity (Wildman–Crippen MR) is 120 cm³/mol. The lowest BCUT2D eigenvalue weighted by molar-refractivity contribution is 0.0955. The van der Waals surface area contributed by atoms with Gasteiger partial charge in [-0.2, -0.15) is 5.10 Å². The fourth-order valence-corrected chi connectivity index (χ4v) is 4.25. The molecule has 1 aliphatic rings. The summed E-state index contributed by atoms with van der Waals surface area (Å²) in [5.74, 6) is 1.13. The lowest BCUT2D eigenvalue weighted by atomic mass is 9.68. The molecule has 154 valence electrons. The molecule has 5 nitrogen and oxygen atoms in total. The van der Waals surface area contributed by atoms with Crippen LogP contribution in [0.5, 0.6) is 0 Å². The highest BCUT2D eigenvalue weighted by Crippen LogP contribution is 2.41. The third kappa shape index (κ3) is 4.50. The van der Waals surface area contributed by atoms with Gasteiger partial charge in [-0.3, -0.25) is 4.79 Å². The topological polar surface area (TPSA) is 59.3 Å². The van der Waals surface area contributed by atoms with Crippen molar-refractivity contribution in [2.75, 3.05) is 0 Å². The van der Waals surface area contributed by atoms with Crippen molar-refractivity contribution in [1.82, 2.24) is 15.0 Å². The van der Waals surface area contributed by atoms with Gasteiger partial charge in [0.15, 0.2) is 0 Å². The molecule has 1 aromatic carbocycles. The lowest BCUT2D eigenvalue weighted by Gasteiger charge is -2.36. The van der Waals surface area contributed by atoms with E-state index < -0.39 is 0 Å². The van der Waals surface area contributed by atoms with E-state index >= 15 is 0 Å². The van der Waals surface area contributed by atoms with Crippen LogP contribution in [0.4, 0.5) is 0 Å². The van der Waals surface area contributed by atoms with Crippen molar-refractivity contribution < 1.29 is 4.79 Å². The number of imidazole rings is 1. The van der Waals surface area contributed by atoms with Crippen molar-refractivity contribution in [2.45, 2.75) is 60.9 Å². The van der Waals surface area contributed by atoms with Gasteiger partial charge >= 0.3 is 0 Å². The molecule has 0 spiro atoms. The van der Waals surface area contributed by atoms with E-state index in [0.29, 0.717) is 11.5 Å². The second-order valence-electron chi connectivity index (χ2n) is 8.61. The van der Waals surface area contributed by atoms with Gasteiger partial charge in [-0.05, 0) is 70.2 Å². The third-order valence-electron chi connectivity index (χ3n) is 5.97. The van der Waals surface area contributed by atoms with Gasteiger partial charge in [0.25, 0.3) is 5.91 Å². The third-order valence-corrected chi connectivity index (χ3v) is 5.97. The van der Waals surface area contributed by atoms with Gasteiger partial charge in [0.2, 0.25) is 0 Å². The summed E-state index contributed by atoms with van der Waals surface area (Å²) in [6.45, 7) is 13.6. The molecule has 1 aliphatic carbocycles. The zero-order valence-corrected chi connectivity index (χ0v) is 18.4. The minimum absolute atomic E-state index is 0.225. The average molecular weight is 393 g/mol. The van der Waals surface area contributed by atoms with Crippen LogP contribution >= 0.6 is 0 Å². The Morgan fingerprint density at radius 2 is 2.14 bits per heavy atom. The average Bonchev–Trinajstić information content (AvgIpc) is 2.99. The van der Waals surface area contributed by atoms with Gasteiger partial charge in [-0.1, -0.05) is 31.6 Å². The SMILES string of the molecule is CCn1c(C)nc2cc(C(=O)NN=C(C)C=CC3C(C)=CCCC3(C)C)ccc21. The number of carbonyl (C=O) groups excluding carboxylic acids is 1. The normalized spacial score (nSPS) is 19.6. The van der Waals surface area contributed by atoms with E-state index in [1.54, 1.807) is 0 Å². The Hall–Kier alpha value is -2.69. The largest absolute Gasteiger partial charge is 0.329 e. The van der Waals surface area contributed by atoms with Crippen LogP contribution in [0.25, 0.3) is 11.0 Å². The second kappa shape index (κ2) is 8.36. The summed E-state index contributed by atoms with van der Waals surface area (Å²) < 4.78 is 2.13. The summed E-state index contributed by atoms with van der Waals surface area (Å²) in [6.07, 6.45) is 8.87. The number of aryl methyl sites for hydroxylation is 2. The molecule has 0 bridgehead atoms. The van der Waals surface area contributed by atoms with Crippen LogP contribution in [0.2, 0.25) is 0 Å². The van der Waals surface area contributed by atoms with Crippen molar-refractivity contribution >= 4 is 22.7 Å². The Morgan fingerprint density at radius 1 is 1.38 bits per heavy atom. The fourth-order valence-electron chi connectivity index (χ4n) is 4.25. The highest BCUT2D eigenvalue weighted by Gasteiger charge is 2.30. The van der Waals surface area contributed by atoms with E-state index in [-0.39, 0.29) is 11.3 Å². The first-order valence-corrected chi connectivity index (χ1v) is 10.4. The summed E-state index contributed by atoms with van der Waals surface area (Å²) in [5, 5.41) is 4.26. The highest BCUT2D eigenvalue weighted by molar-refractivity contribution is 5.99.